The molecular weight excluding hydrogens is 552 g/mol. The van der Waals surface area contributed by atoms with Crippen LogP contribution in [0.2, 0.25) is 0 Å². The van der Waals surface area contributed by atoms with Crippen LogP contribution in [0.3, 0.4) is 0 Å². The number of hydrogen-bond acceptors (Lipinski definition) is 5. The number of amides is 2. The Bertz CT molecular complexity index is 1080. The van der Waals surface area contributed by atoms with Crippen LogP contribution in [-0.4, -0.2) is 55.1 Å². The smallest absolute Gasteiger partial charge is 0.320 e. The standard InChI is InChI=1S/C37H58N2O5/c1-5-6-7-8-9-10-13-39-31-18-30(24(2)3)44-33(28-11-12-28)37(31,35(42)43-4)22-29(34(39)41)17-32(40)38-23-36-19-25-14-26(20-36)16-27(15-25)21-36/h18,24-30,33H,5-17,19-23H2,1-4H3,(H,38,40)/t25?,26?,27?,29-,30+,33+,36?,37+/m0/s1. The summed E-state index contributed by atoms with van der Waals surface area (Å²) in [6, 6.07) is 0. The van der Waals surface area contributed by atoms with E-state index in [1.165, 1.54) is 64.9 Å². The van der Waals surface area contributed by atoms with E-state index in [-0.39, 0.29) is 60.1 Å². The fourth-order valence-corrected chi connectivity index (χ4v) is 10.4. The second-order valence-electron chi connectivity index (χ2n) is 16.2. The van der Waals surface area contributed by atoms with Gasteiger partial charge in [-0.2, -0.15) is 0 Å². The van der Waals surface area contributed by atoms with Crippen molar-refractivity contribution in [3.05, 3.63) is 11.8 Å². The van der Waals surface area contributed by atoms with Crippen molar-refractivity contribution in [3.63, 3.8) is 0 Å². The van der Waals surface area contributed by atoms with Crippen molar-refractivity contribution in [2.45, 2.75) is 136 Å². The first-order chi connectivity index (χ1) is 21.2. The number of piperidine rings is 1. The van der Waals surface area contributed by atoms with Crippen molar-refractivity contribution in [1.82, 2.24) is 10.2 Å². The first kappa shape index (κ1) is 32.1. The number of nitrogens with one attached hydrogen (secondary N) is 1. The van der Waals surface area contributed by atoms with Gasteiger partial charge in [-0.05, 0) is 105 Å². The molecule has 2 aliphatic heterocycles. The molecule has 0 aromatic heterocycles. The van der Waals surface area contributed by atoms with Crippen molar-refractivity contribution in [2.24, 2.45) is 46.3 Å². The van der Waals surface area contributed by atoms with Gasteiger partial charge in [-0.1, -0.05) is 52.9 Å². The SMILES string of the molecule is CCCCCCCCN1C(=O)[C@@H](CC(=O)NCC23CC4CC(CC(C4)C2)C3)C[C@@]2(C(=O)OC)C1=C[C@H](C(C)C)O[C@@H]2C1CC1. The van der Waals surface area contributed by atoms with Gasteiger partial charge in [0.15, 0.2) is 0 Å². The lowest BCUT2D eigenvalue weighted by Crippen LogP contribution is -2.62. The quantitative estimate of drug-likeness (QED) is 0.173. The van der Waals surface area contributed by atoms with Gasteiger partial charge in [0.1, 0.15) is 5.41 Å². The van der Waals surface area contributed by atoms with Gasteiger partial charge in [0.05, 0.1) is 19.3 Å². The fraction of sp³-hybridized carbons (Fsp3) is 0.865. The average molecular weight is 611 g/mol. The maximum atomic E-state index is 14.3. The summed E-state index contributed by atoms with van der Waals surface area (Å²) >= 11 is 0. The van der Waals surface area contributed by atoms with Crippen LogP contribution in [0.5, 0.6) is 0 Å². The Morgan fingerprint density at radius 1 is 1.00 bits per heavy atom. The molecule has 7 aliphatic rings. The summed E-state index contributed by atoms with van der Waals surface area (Å²) in [5.41, 5.74) is -0.0221. The molecule has 4 bridgehead atoms. The Kier molecular flexibility index (Phi) is 9.53. The van der Waals surface area contributed by atoms with Gasteiger partial charge in [-0.15, -0.1) is 0 Å². The van der Waals surface area contributed by atoms with E-state index in [1.54, 1.807) is 0 Å². The normalized spacial score (nSPS) is 37.6. The summed E-state index contributed by atoms with van der Waals surface area (Å²) in [5.74, 6) is 2.05. The van der Waals surface area contributed by atoms with E-state index in [4.69, 9.17) is 9.47 Å². The zero-order valence-corrected chi connectivity index (χ0v) is 27.9. The largest absolute Gasteiger partial charge is 0.468 e. The van der Waals surface area contributed by atoms with Crippen LogP contribution in [0.4, 0.5) is 0 Å². The maximum Gasteiger partial charge on any atom is 0.320 e. The molecule has 0 unspecified atom stereocenters. The zero-order chi connectivity index (χ0) is 31.1. The summed E-state index contributed by atoms with van der Waals surface area (Å²) in [6.45, 7) is 7.79. The molecule has 246 valence electrons. The third kappa shape index (κ3) is 6.25. The number of ether oxygens (including phenoxy) is 2. The summed E-state index contributed by atoms with van der Waals surface area (Å²) in [5, 5.41) is 3.32. The van der Waals surface area contributed by atoms with E-state index in [0.29, 0.717) is 6.54 Å². The molecule has 6 fully saturated rings. The topological polar surface area (TPSA) is 84.9 Å². The number of carbonyl (C=O) groups is 3. The lowest BCUT2D eigenvalue weighted by Gasteiger charge is -2.57. The molecule has 7 rings (SSSR count). The molecule has 1 saturated heterocycles. The van der Waals surface area contributed by atoms with E-state index >= 15 is 0 Å². The Balaban J connectivity index is 1.23. The number of unbranched alkanes of at least 4 members (excludes halogenated alkanes) is 5. The predicted octanol–water partition coefficient (Wildman–Crippen LogP) is 6.79. The fourth-order valence-electron chi connectivity index (χ4n) is 10.4. The number of likely N-dealkylation sites (tertiary alicyclic amines) is 1. The summed E-state index contributed by atoms with van der Waals surface area (Å²) in [7, 11) is 1.45. The second kappa shape index (κ2) is 13.1. The van der Waals surface area contributed by atoms with Crippen molar-refractivity contribution in [1.29, 1.82) is 0 Å². The van der Waals surface area contributed by atoms with Crippen LogP contribution in [0, 0.1) is 46.3 Å². The number of hydrogen-bond donors (Lipinski definition) is 1. The van der Waals surface area contributed by atoms with E-state index in [0.717, 1.165) is 62.1 Å². The Hall–Kier alpha value is -1.89. The number of fused-ring (bicyclic) bond motifs is 1. The molecule has 7 heteroatoms. The molecule has 4 atom stereocenters. The minimum atomic E-state index is -1.05. The number of methoxy groups -OCH3 is 1. The predicted molar refractivity (Wildman–Crippen MR) is 170 cm³/mol. The van der Waals surface area contributed by atoms with Crippen LogP contribution in [0.25, 0.3) is 0 Å². The van der Waals surface area contributed by atoms with E-state index < -0.39 is 11.3 Å². The first-order valence-electron chi connectivity index (χ1n) is 18.2. The van der Waals surface area contributed by atoms with Crippen molar-refractivity contribution >= 4 is 17.8 Å². The monoisotopic (exact) mass is 610 g/mol. The molecule has 5 aliphatic carbocycles. The van der Waals surface area contributed by atoms with Crippen molar-refractivity contribution < 1.29 is 23.9 Å². The number of carbonyl (C=O) groups excluding carboxylic acids is 3. The van der Waals surface area contributed by atoms with Crippen molar-refractivity contribution in [2.75, 3.05) is 20.2 Å². The number of esters is 1. The van der Waals surface area contributed by atoms with Gasteiger partial charge >= 0.3 is 5.97 Å². The minimum absolute atomic E-state index is 0.00626. The van der Waals surface area contributed by atoms with Crippen molar-refractivity contribution in [3.8, 4) is 0 Å². The van der Waals surface area contributed by atoms with Crippen LogP contribution in [0.15, 0.2) is 11.8 Å². The van der Waals surface area contributed by atoms with Crippen LogP contribution < -0.4 is 5.32 Å². The van der Waals surface area contributed by atoms with E-state index in [9.17, 15) is 14.4 Å². The first-order valence-corrected chi connectivity index (χ1v) is 18.2. The summed E-state index contributed by atoms with van der Waals surface area (Å²) < 4.78 is 12.3. The number of rotatable bonds is 14. The third-order valence-corrected chi connectivity index (χ3v) is 12.3. The van der Waals surface area contributed by atoms with Crippen LogP contribution in [0.1, 0.15) is 124 Å². The molecule has 0 radical (unpaired) electrons. The molecule has 0 spiro atoms. The highest BCUT2D eigenvalue weighted by Crippen LogP contribution is 2.60. The van der Waals surface area contributed by atoms with Gasteiger partial charge in [0.2, 0.25) is 11.8 Å². The molecule has 1 N–H and O–H groups in total. The molecule has 2 heterocycles. The second-order valence-corrected chi connectivity index (χ2v) is 16.2. The minimum Gasteiger partial charge on any atom is -0.468 e. The van der Waals surface area contributed by atoms with Gasteiger partial charge < -0.3 is 19.7 Å². The lowest BCUT2D eigenvalue weighted by atomic mass is 9.49. The number of nitrogens with zero attached hydrogens (tertiary/aromatic N) is 1. The molecule has 0 aromatic carbocycles. The molecular formula is C37H58N2O5. The molecule has 7 nitrogen and oxygen atoms in total. The summed E-state index contributed by atoms with van der Waals surface area (Å²) in [6.07, 6.45) is 18.6. The van der Waals surface area contributed by atoms with Gasteiger partial charge in [0.25, 0.3) is 0 Å². The van der Waals surface area contributed by atoms with Crippen LogP contribution in [-0.2, 0) is 23.9 Å². The average Bonchev–Trinajstić information content (AvgIpc) is 3.83. The van der Waals surface area contributed by atoms with Gasteiger partial charge in [-0.3, -0.25) is 14.4 Å². The van der Waals surface area contributed by atoms with Gasteiger partial charge in [-0.25, -0.2) is 0 Å². The molecule has 2 amide bonds. The highest BCUT2D eigenvalue weighted by Gasteiger charge is 2.64. The Morgan fingerprint density at radius 2 is 1.64 bits per heavy atom. The Morgan fingerprint density at radius 3 is 2.23 bits per heavy atom. The highest BCUT2D eigenvalue weighted by molar-refractivity contribution is 5.92. The highest BCUT2D eigenvalue weighted by atomic mass is 16.5. The molecule has 5 saturated carbocycles. The van der Waals surface area contributed by atoms with E-state index in [1.807, 2.05) is 4.90 Å². The maximum absolute atomic E-state index is 14.3. The van der Waals surface area contributed by atoms with E-state index in [2.05, 4.69) is 32.2 Å². The summed E-state index contributed by atoms with van der Waals surface area (Å²) in [4.78, 5) is 43.9. The lowest BCUT2D eigenvalue weighted by molar-refractivity contribution is -0.182. The van der Waals surface area contributed by atoms with Gasteiger partial charge in [0, 0.05) is 31.1 Å². The Labute approximate surface area is 265 Å². The van der Waals surface area contributed by atoms with Crippen LogP contribution >= 0.6 is 0 Å². The molecule has 0 aromatic rings. The zero-order valence-electron chi connectivity index (χ0n) is 27.9. The third-order valence-electron chi connectivity index (χ3n) is 12.3. The molecule has 44 heavy (non-hydrogen) atoms.